The van der Waals surface area contributed by atoms with Gasteiger partial charge >= 0.3 is 0 Å². The van der Waals surface area contributed by atoms with Crippen LogP contribution in [-0.4, -0.2) is 59.2 Å². The van der Waals surface area contributed by atoms with Crippen LogP contribution in [0.1, 0.15) is 36.8 Å². The molecule has 1 unspecified atom stereocenters. The van der Waals surface area contributed by atoms with Crippen LogP contribution in [0.15, 0.2) is 36.7 Å². The van der Waals surface area contributed by atoms with Gasteiger partial charge in [-0.15, -0.1) is 0 Å². The molecule has 0 bridgehead atoms. The van der Waals surface area contributed by atoms with Crippen LogP contribution in [0.25, 0.3) is 0 Å². The first-order valence-electron chi connectivity index (χ1n) is 10.8. The first-order chi connectivity index (χ1) is 14.7. The highest BCUT2D eigenvalue weighted by Gasteiger charge is 2.38. The molecule has 3 heterocycles. The molecular formula is C23H28N4O3. The van der Waals surface area contributed by atoms with Gasteiger partial charge in [0.05, 0.1) is 13.7 Å². The van der Waals surface area contributed by atoms with E-state index in [1.54, 1.807) is 13.4 Å². The number of aromatic nitrogens is 2. The molecule has 1 saturated heterocycles. The lowest BCUT2D eigenvalue weighted by molar-refractivity contribution is -0.146. The van der Waals surface area contributed by atoms with Crippen molar-refractivity contribution in [3.8, 4) is 5.88 Å². The Morgan fingerprint density at radius 3 is 2.57 bits per heavy atom. The van der Waals surface area contributed by atoms with E-state index < -0.39 is 0 Å². The van der Waals surface area contributed by atoms with Crippen molar-refractivity contribution in [1.29, 1.82) is 0 Å². The Labute approximate surface area is 177 Å². The van der Waals surface area contributed by atoms with Gasteiger partial charge in [-0.3, -0.25) is 4.79 Å². The summed E-state index contributed by atoms with van der Waals surface area (Å²) in [4.78, 5) is 26.2. The third-order valence-corrected chi connectivity index (χ3v) is 6.45. The molecule has 1 atom stereocenters. The van der Waals surface area contributed by atoms with Crippen LogP contribution < -0.4 is 9.64 Å². The topological polar surface area (TPSA) is 67.8 Å². The van der Waals surface area contributed by atoms with E-state index in [1.165, 1.54) is 24.0 Å². The molecule has 7 nitrogen and oxygen atoms in total. The maximum Gasteiger partial charge on any atom is 0.252 e. The fourth-order valence-electron chi connectivity index (χ4n) is 4.68. The molecule has 30 heavy (non-hydrogen) atoms. The van der Waals surface area contributed by atoms with Crippen molar-refractivity contribution in [3.63, 3.8) is 0 Å². The average molecular weight is 409 g/mol. The van der Waals surface area contributed by atoms with Crippen LogP contribution in [0.3, 0.4) is 0 Å². The first-order valence-corrected chi connectivity index (χ1v) is 10.8. The Hall–Kier alpha value is -2.67. The second-order valence-electron chi connectivity index (χ2n) is 8.39. The minimum Gasteiger partial charge on any atom is -0.481 e. The van der Waals surface area contributed by atoms with E-state index >= 15 is 0 Å². The molecule has 1 aromatic heterocycles. The molecule has 5 rings (SSSR count). The van der Waals surface area contributed by atoms with Crippen molar-refractivity contribution in [2.75, 3.05) is 25.1 Å². The molecule has 2 fully saturated rings. The third-order valence-electron chi connectivity index (χ3n) is 6.45. The largest absolute Gasteiger partial charge is 0.481 e. The molecule has 158 valence electrons. The fraction of sp³-hybridized carbons (Fsp3) is 0.522. The number of carbonyl (C=O) groups excluding carboxylic acids is 1. The maximum absolute atomic E-state index is 13.1. The van der Waals surface area contributed by atoms with E-state index in [0.29, 0.717) is 31.0 Å². The quantitative estimate of drug-likeness (QED) is 0.758. The number of carbonyl (C=O) groups is 1. The van der Waals surface area contributed by atoms with E-state index in [4.69, 9.17) is 9.47 Å². The number of rotatable bonds is 5. The van der Waals surface area contributed by atoms with E-state index in [1.807, 2.05) is 23.1 Å². The summed E-state index contributed by atoms with van der Waals surface area (Å²) in [7, 11) is 1.63. The molecule has 1 saturated carbocycles. The Kier molecular flexibility index (Phi) is 5.29. The Balaban J connectivity index is 1.23. The first kappa shape index (κ1) is 19.3. The highest BCUT2D eigenvalue weighted by Crippen LogP contribution is 2.36. The molecule has 1 amide bonds. The van der Waals surface area contributed by atoms with Gasteiger partial charge in [-0.25, -0.2) is 9.97 Å². The molecule has 2 aliphatic heterocycles. The fourth-order valence-corrected chi connectivity index (χ4v) is 4.68. The lowest BCUT2D eigenvalue weighted by Gasteiger charge is -2.40. The summed E-state index contributed by atoms with van der Waals surface area (Å²) in [5.41, 5.74) is 2.43. The van der Waals surface area contributed by atoms with E-state index in [2.05, 4.69) is 27.0 Å². The van der Waals surface area contributed by atoms with Gasteiger partial charge in [0.25, 0.3) is 5.91 Å². The van der Waals surface area contributed by atoms with Crippen molar-refractivity contribution >= 4 is 11.7 Å². The van der Waals surface area contributed by atoms with Gasteiger partial charge in [-0.05, 0) is 36.8 Å². The standard InChI is InChI=1S/C23H28N4O3/c1-29-22-13-21(24-15-25-22)27(18-6-7-18)19-8-10-26(11-9-19)23(28)20-12-16-4-2-3-5-17(16)14-30-20/h2-5,13,15,18-20H,6-12,14H2,1H3. The number of ether oxygens (including phenoxy) is 2. The highest BCUT2D eigenvalue weighted by atomic mass is 16.5. The molecule has 1 aliphatic carbocycles. The van der Waals surface area contributed by atoms with Crippen LogP contribution in [0.4, 0.5) is 5.82 Å². The zero-order valence-electron chi connectivity index (χ0n) is 17.4. The molecule has 0 N–H and O–H groups in total. The van der Waals surface area contributed by atoms with Crippen molar-refractivity contribution in [3.05, 3.63) is 47.8 Å². The van der Waals surface area contributed by atoms with E-state index in [0.717, 1.165) is 31.7 Å². The zero-order valence-corrected chi connectivity index (χ0v) is 17.4. The van der Waals surface area contributed by atoms with Crippen molar-refractivity contribution in [2.24, 2.45) is 0 Å². The maximum atomic E-state index is 13.1. The van der Waals surface area contributed by atoms with Crippen LogP contribution in [0, 0.1) is 0 Å². The summed E-state index contributed by atoms with van der Waals surface area (Å²) in [5, 5.41) is 0. The number of methoxy groups -OCH3 is 1. The lowest BCUT2D eigenvalue weighted by atomic mass is 9.97. The van der Waals surface area contributed by atoms with Gasteiger partial charge in [-0.1, -0.05) is 24.3 Å². The molecule has 2 aromatic rings. The minimum atomic E-state index is -0.359. The monoisotopic (exact) mass is 408 g/mol. The van der Waals surface area contributed by atoms with Gasteiger partial charge in [0.1, 0.15) is 18.2 Å². The van der Waals surface area contributed by atoms with E-state index in [9.17, 15) is 4.79 Å². The number of fused-ring (bicyclic) bond motifs is 1. The summed E-state index contributed by atoms with van der Waals surface area (Å²) in [6, 6.07) is 11.1. The molecule has 1 aromatic carbocycles. The molecule has 3 aliphatic rings. The van der Waals surface area contributed by atoms with E-state index in [-0.39, 0.29) is 12.0 Å². The SMILES string of the molecule is COc1cc(N(C2CC2)C2CCN(C(=O)C3Cc4ccccc4CO3)CC2)ncn1. The van der Waals surface area contributed by atoms with Crippen LogP contribution in [0.2, 0.25) is 0 Å². The Bertz CT molecular complexity index is 909. The number of anilines is 1. The molecule has 7 heteroatoms. The molecule has 0 spiro atoms. The smallest absolute Gasteiger partial charge is 0.252 e. The zero-order chi connectivity index (χ0) is 20.5. The summed E-state index contributed by atoms with van der Waals surface area (Å²) in [5.74, 6) is 1.65. The van der Waals surface area contributed by atoms with Crippen LogP contribution >= 0.6 is 0 Å². The second-order valence-corrected chi connectivity index (χ2v) is 8.39. The number of hydrogen-bond acceptors (Lipinski definition) is 6. The summed E-state index contributed by atoms with van der Waals surface area (Å²) >= 11 is 0. The van der Waals surface area contributed by atoms with Crippen molar-refractivity contribution < 1.29 is 14.3 Å². The van der Waals surface area contributed by atoms with Gasteiger partial charge < -0.3 is 19.3 Å². The van der Waals surface area contributed by atoms with Gasteiger partial charge in [0, 0.05) is 37.7 Å². The Morgan fingerprint density at radius 1 is 1.10 bits per heavy atom. The number of nitrogens with zero attached hydrogens (tertiary/aromatic N) is 4. The van der Waals surface area contributed by atoms with Gasteiger partial charge in [0.2, 0.25) is 5.88 Å². The highest BCUT2D eigenvalue weighted by molar-refractivity contribution is 5.81. The van der Waals surface area contributed by atoms with Crippen LogP contribution in [0.5, 0.6) is 5.88 Å². The molecular weight excluding hydrogens is 380 g/mol. The number of piperidine rings is 1. The summed E-state index contributed by atoms with van der Waals surface area (Å²) < 4.78 is 11.2. The number of hydrogen-bond donors (Lipinski definition) is 0. The van der Waals surface area contributed by atoms with Crippen molar-refractivity contribution in [1.82, 2.24) is 14.9 Å². The third kappa shape index (κ3) is 3.86. The van der Waals surface area contributed by atoms with Gasteiger partial charge in [-0.2, -0.15) is 0 Å². The minimum absolute atomic E-state index is 0.129. The number of benzene rings is 1. The van der Waals surface area contributed by atoms with Crippen LogP contribution in [-0.2, 0) is 22.6 Å². The summed E-state index contributed by atoms with van der Waals surface area (Å²) in [6.07, 6.45) is 6.16. The van der Waals surface area contributed by atoms with Gasteiger partial charge in [0.15, 0.2) is 0 Å². The number of amides is 1. The average Bonchev–Trinajstić information content (AvgIpc) is 3.64. The Morgan fingerprint density at radius 2 is 1.83 bits per heavy atom. The predicted octanol–water partition coefficient (Wildman–Crippen LogP) is 2.59. The second kappa shape index (κ2) is 8.22. The normalized spacial score (nSPS) is 21.8. The summed E-state index contributed by atoms with van der Waals surface area (Å²) in [6.45, 7) is 2.04. The van der Waals surface area contributed by atoms with Crippen molar-refractivity contribution in [2.45, 2.75) is 56.9 Å². The predicted molar refractivity (Wildman–Crippen MR) is 112 cm³/mol. The molecule has 0 radical (unpaired) electrons. The lowest BCUT2D eigenvalue weighted by Crippen LogP contribution is -2.51. The number of likely N-dealkylation sites (tertiary alicyclic amines) is 1.